The predicted octanol–water partition coefficient (Wildman–Crippen LogP) is 4.11. The molecular formula is C23H22F7N3O4S. The fourth-order valence-electron chi connectivity index (χ4n) is 4.26. The number of fused-ring (bicyclic) bond motifs is 1. The van der Waals surface area contributed by atoms with Crippen LogP contribution in [0.1, 0.15) is 30.4 Å². The van der Waals surface area contributed by atoms with Crippen LogP contribution in [-0.4, -0.2) is 50.5 Å². The molecule has 1 unspecified atom stereocenters. The predicted molar refractivity (Wildman–Crippen MR) is 120 cm³/mol. The number of anilines is 1. The van der Waals surface area contributed by atoms with Gasteiger partial charge in [-0.3, -0.25) is 4.31 Å². The lowest BCUT2D eigenvalue weighted by Crippen LogP contribution is -2.54. The van der Waals surface area contributed by atoms with Gasteiger partial charge in [-0.1, -0.05) is 12.1 Å². The molecule has 38 heavy (non-hydrogen) atoms. The minimum absolute atomic E-state index is 0.000525. The molecule has 1 fully saturated rings. The third-order valence-electron chi connectivity index (χ3n) is 6.42. The van der Waals surface area contributed by atoms with Crippen LogP contribution in [0.15, 0.2) is 47.4 Å². The summed E-state index contributed by atoms with van der Waals surface area (Å²) in [6, 6.07) is 3.74. The van der Waals surface area contributed by atoms with Crippen LogP contribution in [-0.2, 0) is 22.0 Å². The van der Waals surface area contributed by atoms with Gasteiger partial charge >= 0.3 is 18.4 Å². The largest absolute Gasteiger partial charge is 0.430 e. The average Bonchev–Trinajstić information content (AvgIpc) is 3.64. The van der Waals surface area contributed by atoms with Crippen LogP contribution in [0.3, 0.4) is 0 Å². The van der Waals surface area contributed by atoms with Crippen LogP contribution in [0.25, 0.3) is 0 Å². The molecule has 2 aromatic carbocycles. The Morgan fingerprint density at radius 3 is 2.13 bits per heavy atom. The summed E-state index contributed by atoms with van der Waals surface area (Å²) in [6.45, 7) is -0.227. The summed E-state index contributed by atoms with van der Waals surface area (Å²) in [4.78, 5) is 11.7. The molecule has 1 atom stereocenters. The minimum Gasteiger partial charge on any atom is -0.369 e. The van der Waals surface area contributed by atoms with Gasteiger partial charge < -0.3 is 15.7 Å². The molecule has 2 aliphatic rings. The number of hydrogen-bond donors (Lipinski definition) is 3. The summed E-state index contributed by atoms with van der Waals surface area (Å²) in [7, 11) is -4.52. The van der Waals surface area contributed by atoms with E-state index in [0.717, 1.165) is 47.5 Å². The highest BCUT2D eigenvalue weighted by Gasteiger charge is 2.71. The maximum Gasteiger partial charge on any atom is 0.430 e. The van der Waals surface area contributed by atoms with Crippen molar-refractivity contribution in [3.05, 3.63) is 59.4 Å². The SMILES string of the molecule is O=C(NCC1CCc2cc(C(O)(C(F)(F)F)C(F)(F)F)ccc2N1S(=O)(=O)c1ccc(F)cc1)NC1CC1. The van der Waals surface area contributed by atoms with Crippen molar-refractivity contribution in [2.24, 2.45) is 0 Å². The van der Waals surface area contributed by atoms with Crippen molar-refractivity contribution in [3.8, 4) is 0 Å². The molecule has 1 aliphatic heterocycles. The van der Waals surface area contributed by atoms with Gasteiger partial charge in [0.25, 0.3) is 15.6 Å². The Kier molecular flexibility index (Phi) is 7.06. The van der Waals surface area contributed by atoms with E-state index in [-0.39, 0.29) is 41.6 Å². The normalized spacial score (nSPS) is 18.6. The number of benzene rings is 2. The van der Waals surface area contributed by atoms with E-state index < -0.39 is 51.4 Å². The molecule has 0 radical (unpaired) electrons. The molecule has 1 aliphatic carbocycles. The smallest absolute Gasteiger partial charge is 0.369 e. The Morgan fingerprint density at radius 1 is 0.974 bits per heavy atom. The molecule has 208 valence electrons. The number of rotatable bonds is 6. The maximum atomic E-state index is 13.6. The van der Waals surface area contributed by atoms with Crippen LogP contribution in [0.5, 0.6) is 0 Å². The summed E-state index contributed by atoms with van der Waals surface area (Å²) in [5, 5.41) is 15.0. The monoisotopic (exact) mass is 569 g/mol. The van der Waals surface area contributed by atoms with Gasteiger partial charge in [0.05, 0.1) is 16.6 Å². The molecule has 1 saturated carbocycles. The zero-order valence-electron chi connectivity index (χ0n) is 19.4. The van der Waals surface area contributed by atoms with Crippen LogP contribution >= 0.6 is 0 Å². The van der Waals surface area contributed by atoms with Gasteiger partial charge in [0.2, 0.25) is 0 Å². The molecule has 4 rings (SSSR count). The first-order chi connectivity index (χ1) is 17.6. The topological polar surface area (TPSA) is 98.7 Å². The van der Waals surface area contributed by atoms with Gasteiger partial charge in [-0.05, 0) is 61.6 Å². The molecule has 2 aromatic rings. The molecule has 0 bridgehead atoms. The number of aliphatic hydroxyl groups is 1. The Morgan fingerprint density at radius 2 is 1.58 bits per heavy atom. The van der Waals surface area contributed by atoms with E-state index in [9.17, 15) is 49.1 Å². The van der Waals surface area contributed by atoms with Crippen LogP contribution in [0.4, 0.5) is 41.2 Å². The van der Waals surface area contributed by atoms with E-state index >= 15 is 0 Å². The van der Waals surface area contributed by atoms with E-state index in [1.807, 2.05) is 0 Å². The quantitative estimate of drug-likeness (QED) is 0.457. The fourth-order valence-corrected chi connectivity index (χ4v) is 5.97. The first-order valence-electron chi connectivity index (χ1n) is 11.4. The second-order valence-corrected chi connectivity index (χ2v) is 10.9. The standard InChI is InChI=1S/C23H22F7N3O4S/c24-15-3-8-18(9-4-15)38(36,37)33-17(12-31-20(34)32-16-5-6-16)7-1-13-11-14(2-10-19(13)33)21(35,22(25,26)27)23(28,29)30/h2-4,8-11,16-17,35H,1,5-7,12H2,(H2,31,32,34). The highest BCUT2D eigenvalue weighted by atomic mass is 32.2. The molecule has 0 saturated heterocycles. The molecule has 15 heteroatoms. The van der Waals surface area contributed by atoms with Crippen molar-refractivity contribution in [1.82, 2.24) is 10.6 Å². The summed E-state index contributed by atoms with van der Waals surface area (Å²) in [5.74, 6) is -0.735. The average molecular weight is 569 g/mol. The van der Waals surface area contributed by atoms with Crippen molar-refractivity contribution in [1.29, 1.82) is 0 Å². The summed E-state index contributed by atoms with van der Waals surface area (Å²) >= 11 is 0. The van der Waals surface area contributed by atoms with Gasteiger partial charge in [-0.2, -0.15) is 26.3 Å². The first-order valence-corrected chi connectivity index (χ1v) is 12.8. The first kappa shape index (κ1) is 28.0. The summed E-state index contributed by atoms with van der Waals surface area (Å²) in [5.41, 5.74) is -7.13. The van der Waals surface area contributed by atoms with Gasteiger partial charge in [-0.15, -0.1) is 0 Å². The lowest BCUT2D eigenvalue weighted by molar-refractivity contribution is -0.376. The van der Waals surface area contributed by atoms with Crippen molar-refractivity contribution < 1.29 is 49.1 Å². The van der Waals surface area contributed by atoms with Crippen molar-refractivity contribution in [2.45, 2.75) is 60.6 Å². The van der Waals surface area contributed by atoms with Crippen LogP contribution in [0, 0.1) is 5.82 Å². The molecule has 3 N–H and O–H groups in total. The van der Waals surface area contributed by atoms with E-state index in [0.29, 0.717) is 12.1 Å². The van der Waals surface area contributed by atoms with E-state index in [1.165, 1.54) is 0 Å². The minimum atomic E-state index is -6.12. The lowest BCUT2D eigenvalue weighted by Gasteiger charge is -2.39. The number of nitrogens with zero attached hydrogens (tertiary/aromatic N) is 1. The van der Waals surface area contributed by atoms with Crippen molar-refractivity contribution in [2.75, 3.05) is 10.8 Å². The number of hydrogen-bond acceptors (Lipinski definition) is 4. The highest BCUT2D eigenvalue weighted by molar-refractivity contribution is 7.92. The van der Waals surface area contributed by atoms with Gasteiger partial charge in [0.1, 0.15) is 5.82 Å². The van der Waals surface area contributed by atoms with Gasteiger partial charge in [-0.25, -0.2) is 17.6 Å². The summed E-state index contributed by atoms with van der Waals surface area (Å²) in [6.07, 6.45) is -10.9. The third-order valence-corrected chi connectivity index (χ3v) is 8.30. The zero-order chi connectivity index (χ0) is 28.1. The van der Waals surface area contributed by atoms with Crippen LogP contribution in [0.2, 0.25) is 0 Å². The molecule has 1 heterocycles. The Balaban J connectivity index is 1.76. The number of alkyl halides is 6. The van der Waals surface area contributed by atoms with Gasteiger partial charge in [0.15, 0.2) is 0 Å². The fraction of sp³-hybridized carbons (Fsp3) is 0.435. The van der Waals surface area contributed by atoms with E-state index in [1.54, 1.807) is 0 Å². The number of carbonyl (C=O) groups is 1. The highest BCUT2D eigenvalue weighted by Crippen LogP contribution is 2.51. The number of aryl methyl sites for hydroxylation is 1. The van der Waals surface area contributed by atoms with Crippen LogP contribution < -0.4 is 14.9 Å². The Bertz CT molecular complexity index is 1300. The zero-order valence-corrected chi connectivity index (χ0v) is 20.2. The Labute approximate surface area is 212 Å². The van der Waals surface area contributed by atoms with Crippen molar-refractivity contribution >= 4 is 21.7 Å². The number of sulfonamides is 1. The van der Waals surface area contributed by atoms with Gasteiger partial charge in [0, 0.05) is 18.2 Å². The van der Waals surface area contributed by atoms with E-state index in [2.05, 4.69) is 10.6 Å². The number of amides is 2. The number of halogens is 7. The molecule has 0 aromatic heterocycles. The molecule has 2 amide bonds. The lowest BCUT2D eigenvalue weighted by atomic mass is 9.88. The second-order valence-electron chi connectivity index (χ2n) is 9.13. The van der Waals surface area contributed by atoms with E-state index in [4.69, 9.17) is 0 Å². The summed E-state index contributed by atoms with van der Waals surface area (Å²) < 4.78 is 122. The molecular weight excluding hydrogens is 547 g/mol. The Hall–Kier alpha value is -3.07. The maximum absolute atomic E-state index is 13.6. The number of carbonyl (C=O) groups excluding carboxylic acids is 1. The number of nitrogens with one attached hydrogen (secondary N) is 2. The number of urea groups is 1. The second kappa shape index (κ2) is 9.59. The molecule has 7 nitrogen and oxygen atoms in total. The molecule has 0 spiro atoms. The third kappa shape index (κ3) is 5.13. The van der Waals surface area contributed by atoms with Crippen molar-refractivity contribution in [3.63, 3.8) is 0 Å².